The number of aromatic nitrogens is 2. The van der Waals surface area contributed by atoms with Crippen LogP contribution in [0.15, 0.2) is 24.4 Å². The van der Waals surface area contributed by atoms with Crippen molar-refractivity contribution < 1.29 is 4.79 Å². The predicted octanol–water partition coefficient (Wildman–Crippen LogP) is 2.54. The van der Waals surface area contributed by atoms with Gasteiger partial charge in [-0.05, 0) is 43.9 Å². The number of rotatable bonds is 5. The Morgan fingerprint density at radius 1 is 1.39 bits per heavy atom. The van der Waals surface area contributed by atoms with E-state index in [4.69, 9.17) is 0 Å². The lowest BCUT2D eigenvalue weighted by atomic mass is 10.1. The van der Waals surface area contributed by atoms with Crippen LogP contribution < -0.4 is 0 Å². The number of nitrogens with zero attached hydrogens (tertiary/aromatic N) is 3. The van der Waals surface area contributed by atoms with Gasteiger partial charge in [0.1, 0.15) is 0 Å². The maximum absolute atomic E-state index is 11.9. The first-order valence-electron chi connectivity index (χ1n) is 8.64. The highest BCUT2D eigenvalue weighted by Crippen LogP contribution is 2.30. The highest BCUT2D eigenvalue weighted by atomic mass is 16.2. The molecule has 1 aliphatic carbocycles. The van der Waals surface area contributed by atoms with E-state index in [9.17, 15) is 4.79 Å². The normalized spacial score (nSPS) is 21.9. The van der Waals surface area contributed by atoms with Crippen molar-refractivity contribution in [1.82, 2.24) is 20.0 Å². The lowest BCUT2D eigenvalue weighted by molar-refractivity contribution is -0.130. The Morgan fingerprint density at radius 3 is 3.04 bits per heavy atom. The minimum atomic E-state index is 0.234. The van der Waals surface area contributed by atoms with E-state index in [2.05, 4.69) is 38.2 Å². The maximum atomic E-state index is 11.9. The molecule has 0 bridgehead atoms. The van der Waals surface area contributed by atoms with Gasteiger partial charge in [0.05, 0.1) is 11.7 Å². The van der Waals surface area contributed by atoms with Gasteiger partial charge in [0.2, 0.25) is 5.91 Å². The number of hydrogen-bond acceptors (Lipinski definition) is 3. The number of benzene rings is 1. The van der Waals surface area contributed by atoms with Gasteiger partial charge in [-0.2, -0.15) is 5.10 Å². The van der Waals surface area contributed by atoms with E-state index in [-0.39, 0.29) is 5.91 Å². The van der Waals surface area contributed by atoms with Gasteiger partial charge in [-0.15, -0.1) is 0 Å². The van der Waals surface area contributed by atoms with Gasteiger partial charge in [0.25, 0.3) is 0 Å². The van der Waals surface area contributed by atoms with Crippen molar-refractivity contribution >= 4 is 16.8 Å². The number of likely N-dealkylation sites (tertiary alicyclic amines) is 1. The maximum Gasteiger partial charge on any atom is 0.219 e. The lowest BCUT2D eigenvalue weighted by Gasteiger charge is -2.30. The minimum absolute atomic E-state index is 0.234. The average Bonchev–Trinajstić information content (AvgIpc) is 3.10. The minimum Gasteiger partial charge on any atom is -0.338 e. The molecular weight excluding hydrogens is 288 g/mol. The number of fused-ring (bicyclic) bond motifs is 1. The molecule has 2 heterocycles. The van der Waals surface area contributed by atoms with Crippen molar-refractivity contribution in [1.29, 1.82) is 0 Å². The van der Waals surface area contributed by atoms with Crippen molar-refractivity contribution in [2.45, 2.75) is 51.2 Å². The molecule has 2 aliphatic rings. The van der Waals surface area contributed by atoms with Crippen LogP contribution in [0, 0.1) is 0 Å². The zero-order valence-corrected chi connectivity index (χ0v) is 13.7. The summed E-state index contributed by atoms with van der Waals surface area (Å²) in [5, 5.41) is 8.29. The second-order valence-electron chi connectivity index (χ2n) is 6.96. The van der Waals surface area contributed by atoms with Crippen molar-refractivity contribution in [3.8, 4) is 0 Å². The fourth-order valence-electron chi connectivity index (χ4n) is 3.78. The molecule has 5 nitrogen and oxygen atoms in total. The Kier molecular flexibility index (Phi) is 3.81. The molecule has 1 saturated heterocycles. The van der Waals surface area contributed by atoms with Crippen LogP contribution >= 0.6 is 0 Å². The molecule has 2 aromatic rings. The molecule has 0 spiro atoms. The van der Waals surface area contributed by atoms with Gasteiger partial charge in [-0.25, -0.2) is 0 Å². The van der Waals surface area contributed by atoms with Gasteiger partial charge >= 0.3 is 0 Å². The molecule has 23 heavy (non-hydrogen) atoms. The highest BCUT2D eigenvalue weighted by Gasteiger charge is 2.35. The second kappa shape index (κ2) is 5.96. The number of nitrogens with one attached hydrogen (secondary N) is 1. The Labute approximate surface area is 136 Å². The molecular formula is C18H24N4O. The molecule has 4 rings (SSSR count). The standard InChI is InChI=1S/C18H24N4O/c1-13(23)22(16-6-7-16)12-17-3-2-8-21(17)11-14-4-5-15-10-19-20-18(15)9-14/h4-5,9-10,16-17H,2-3,6-8,11-12H2,1H3,(H,19,20)/t17-/m0/s1. The third-order valence-electron chi connectivity index (χ3n) is 5.19. The molecule has 1 N–H and O–H groups in total. The van der Waals surface area contributed by atoms with Crippen LogP contribution in [-0.4, -0.2) is 51.1 Å². The van der Waals surface area contributed by atoms with E-state index in [1.165, 1.54) is 31.2 Å². The fraction of sp³-hybridized carbons (Fsp3) is 0.556. The summed E-state index contributed by atoms with van der Waals surface area (Å²) in [6.45, 7) is 4.69. The molecule has 1 saturated carbocycles. The summed E-state index contributed by atoms with van der Waals surface area (Å²) < 4.78 is 0. The summed E-state index contributed by atoms with van der Waals surface area (Å²) in [5.74, 6) is 0.234. The molecule has 1 aromatic carbocycles. The molecule has 1 amide bonds. The van der Waals surface area contributed by atoms with Crippen LogP contribution in [0.1, 0.15) is 38.2 Å². The average molecular weight is 312 g/mol. The third kappa shape index (κ3) is 3.11. The lowest BCUT2D eigenvalue weighted by Crippen LogP contribution is -2.43. The van der Waals surface area contributed by atoms with Crippen molar-refractivity contribution in [2.75, 3.05) is 13.1 Å². The Balaban J connectivity index is 1.45. The molecule has 1 atom stereocenters. The van der Waals surface area contributed by atoms with Crippen molar-refractivity contribution in [3.63, 3.8) is 0 Å². The van der Waals surface area contributed by atoms with Gasteiger partial charge in [-0.1, -0.05) is 12.1 Å². The highest BCUT2D eigenvalue weighted by molar-refractivity contribution is 5.78. The monoisotopic (exact) mass is 312 g/mol. The zero-order chi connectivity index (χ0) is 15.8. The molecule has 5 heteroatoms. The number of carbonyl (C=O) groups excluding carboxylic acids is 1. The predicted molar refractivity (Wildman–Crippen MR) is 89.9 cm³/mol. The van der Waals surface area contributed by atoms with E-state index in [1.807, 2.05) is 6.20 Å². The molecule has 122 valence electrons. The largest absolute Gasteiger partial charge is 0.338 e. The molecule has 0 unspecified atom stereocenters. The number of hydrogen-bond donors (Lipinski definition) is 1. The first-order chi connectivity index (χ1) is 11.2. The summed E-state index contributed by atoms with van der Waals surface area (Å²) in [5.41, 5.74) is 2.41. The SMILES string of the molecule is CC(=O)N(C[C@@H]1CCCN1Cc1ccc2cn[nH]c2c1)C1CC1. The Morgan fingerprint density at radius 2 is 2.26 bits per heavy atom. The topological polar surface area (TPSA) is 52.2 Å². The number of amides is 1. The van der Waals surface area contributed by atoms with Crippen molar-refractivity contribution in [2.24, 2.45) is 0 Å². The number of aromatic amines is 1. The first-order valence-corrected chi connectivity index (χ1v) is 8.64. The van der Waals surface area contributed by atoms with E-state index >= 15 is 0 Å². The van der Waals surface area contributed by atoms with Crippen LogP contribution in [0.2, 0.25) is 0 Å². The molecule has 0 radical (unpaired) electrons. The smallest absolute Gasteiger partial charge is 0.219 e. The van der Waals surface area contributed by atoms with Gasteiger partial charge in [0, 0.05) is 37.5 Å². The van der Waals surface area contributed by atoms with Crippen LogP contribution in [-0.2, 0) is 11.3 Å². The fourth-order valence-corrected chi connectivity index (χ4v) is 3.78. The van der Waals surface area contributed by atoms with E-state index in [0.717, 1.165) is 30.5 Å². The Bertz CT molecular complexity index is 706. The second-order valence-corrected chi connectivity index (χ2v) is 6.96. The number of carbonyl (C=O) groups is 1. The van der Waals surface area contributed by atoms with Crippen molar-refractivity contribution in [3.05, 3.63) is 30.0 Å². The number of H-pyrrole nitrogens is 1. The molecule has 1 aliphatic heterocycles. The molecule has 2 fully saturated rings. The summed E-state index contributed by atoms with van der Waals surface area (Å²) >= 11 is 0. The first kappa shape index (κ1) is 14.7. The molecule has 1 aromatic heterocycles. The van der Waals surface area contributed by atoms with Crippen LogP contribution in [0.4, 0.5) is 0 Å². The van der Waals surface area contributed by atoms with Gasteiger partial charge < -0.3 is 4.90 Å². The summed E-state index contributed by atoms with van der Waals surface area (Å²) in [7, 11) is 0. The third-order valence-corrected chi connectivity index (χ3v) is 5.19. The summed E-state index contributed by atoms with van der Waals surface area (Å²) in [6.07, 6.45) is 6.65. The quantitative estimate of drug-likeness (QED) is 0.923. The Hall–Kier alpha value is -1.88. The van der Waals surface area contributed by atoms with Gasteiger partial charge in [-0.3, -0.25) is 14.8 Å². The van der Waals surface area contributed by atoms with Crippen LogP contribution in [0.5, 0.6) is 0 Å². The van der Waals surface area contributed by atoms with E-state index in [1.54, 1.807) is 6.92 Å². The van der Waals surface area contributed by atoms with E-state index in [0.29, 0.717) is 12.1 Å². The van der Waals surface area contributed by atoms with Crippen LogP contribution in [0.25, 0.3) is 10.9 Å². The summed E-state index contributed by atoms with van der Waals surface area (Å²) in [4.78, 5) is 16.5. The van der Waals surface area contributed by atoms with Gasteiger partial charge in [0.15, 0.2) is 0 Å². The van der Waals surface area contributed by atoms with Crippen LogP contribution in [0.3, 0.4) is 0 Å². The summed E-state index contributed by atoms with van der Waals surface area (Å²) in [6, 6.07) is 7.53. The van der Waals surface area contributed by atoms with E-state index < -0.39 is 0 Å². The zero-order valence-electron chi connectivity index (χ0n) is 13.7.